The number of carbonyl (C=O) groups excluding carboxylic acids is 2. The highest BCUT2D eigenvalue weighted by atomic mass is 35.5. The van der Waals surface area contributed by atoms with Gasteiger partial charge in [-0.3, -0.25) is 24.6 Å². The monoisotopic (exact) mass is 395 g/mol. The Balaban J connectivity index is 2.39. The van der Waals surface area contributed by atoms with Gasteiger partial charge in [0.2, 0.25) is 5.78 Å². The van der Waals surface area contributed by atoms with Gasteiger partial charge < -0.3 is 4.90 Å². The fourth-order valence-corrected chi connectivity index (χ4v) is 3.15. The zero-order valence-electron chi connectivity index (χ0n) is 15.4. The SMILES string of the molecule is C=C/C=C(/C=c1\c(=O)[nH][nH]\c1=C1\C(=O)c2ccccc2N(C)C1=O)C(\Cl)=C/C. The van der Waals surface area contributed by atoms with E-state index in [1.807, 2.05) is 0 Å². The topological polar surface area (TPSA) is 86.0 Å². The molecular weight excluding hydrogens is 378 g/mol. The predicted octanol–water partition coefficient (Wildman–Crippen LogP) is 1.75. The number of carbonyl (C=O) groups is 2. The highest BCUT2D eigenvalue weighted by molar-refractivity contribution is 6.51. The largest absolute Gasteiger partial charge is 0.310 e. The van der Waals surface area contributed by atoms with Crippen LogP contribution >= 0.6 is 11.6 Å². The van der Waals surface area contributed by atoms with E-state index in [0.29, 0.717) is 21.9 Å². The number of amides is 1. The molecule has 0 bridgehead atoms. The maximum Gasteiger partial charge on any atom is 0.271 e. The molecule has 3 rings (SSSR count). The maximum absolute atomic E-state index is 13.0. The zero-order chi connectivity index (χ0) is 20.4. The molecule has 6 nitrogen and oxygen atoms in total. The molecule has 2 aromatic rings. The zero-order valence-corrected chi connectivity index (χ0v) is 16.1. The summed E-state index contributed by atoms with van der Waals surface area (Å²) in [7, 11) is 1.58. The van der Waals surface area contributed by atoms with E-state index in [1.165, 1.54) is 17.1 Å². The number of halogens is 1. The van der Waals surface area contributed by atoms with E-state index in [9.17, 15) is 14.4 Å². The Morgan fingerprint density at radius 2 is 1.89 bits per heavy atom. The Labute approximate surface area is 165 Å². The first-order valence-corrected chi connectivity index (χ1v) is 8.87. The fourth-order valence-electron chi connectivity index (χ4n) is 3.04. The second-order valence-corrected chi connectivity index (χ2v) is 6.50. The van der Waals surface area contributed by atoms with Crippen LogP contribution in [-0.2, 0) is 4.79 Å². The third kappa shape index (κ3) is 3.18. The van der Waals surface area contributed by atoms with Crippen molar-refractivity contribution in [3.8, 4) is 0 Å². The number of nitrogens with one attached hydrogen (secondary N) is 2. The number of para-hydroxylation sites is 1. The molecule has 2 heterocycles. The van der Waals surface area contributed by atoms with E-state index in [0.717, 1.165) is 0 Å². The Morgan fingerprint density at radius 1 is 1.18 bits per heavy atom. The highest BCUT2D eigenvalue weighted by Gasteiger charge is 2.33. The third-order valence-corrected chi connectivity index (χ3v) is 4.88. The third-order valence-electron chi connectivity index (χ3n) is 4.45. The van der Waals surface area contributed by atoms with Crippen LogP contribution in [0.5, 0.6) is 0 Å². The Bertz CT molecular complexity index is 1230. The molecule has 1 aliphatic rings. The molecule has 7 heteroatoms. The summed E-state index contributed by atoms with van der Waals surface area (Å²) in [6, 6.07) is 6.82. The molecule has 0 atom stereocenters. The lowest BCUT2D eigenvalue weighted by Crippen LogP contribution is -2.44. The first kappa shape index (κ1) is 19.4. The lowest BCUT2D eigenvalue weighted by Gasteiger charge is -2.25. The second kappa shape index (κ2) is 7.70. The average Bonchev–Trinajstić information content (AvgIpc) is 3.05. The molecule has 1 aromatic carbocycles. The molecule has 0 fully saturated rings. The smallest absolute Gasteiger partial charge is 0.271 e. The molecular formula is C21H18ClN3O3. The van der Waals surface area contributed by atoms with Gasteiger partial charge in [0.15, 0.2) is 0 Å². The highest BCUT2D eigenvalue weighted by Crippen LogP contribution is 2.28. The van der Waals surface area contributed by atoms with E-state index < -0.39 is 17.2 Å². The van der Waals surface area contributed by atoms with Crippen molar-refractivity contribution >= 4 is 40.6 Å². The molecule has 2 N–H and O–H groups in total. The number of aromatic amines is 2. The number of H-pyrrole nitrogens is 2. The van der Waals surface area contributed by atoms with Crippen molar-refractivity contribution in [2.45, 2.75) is 6.92 Å². The Hall–Kier alpha value is -3.38. The van der Waals surface area contributed by atoms with E-state index in [1.54, 1.807) is 50.4 Å². The molecule has 0 aliphatic carbocycles. The number of hydrogen-bond acceptors (Lipinski definition) is 3. The lowest BCUT2D eigenvalue weighted by molar-refractivity contribution is -0.113. The van der Waals surface area contributed by atoms with Gasteiger partial charge in [0.05, 0.1) is 16.3 Å². The maximum atomic E-state index is 13.0. The quantitative estimate of drug-likeness (QED) is 0.776. The van der Waals surface area contributed by atoms with Crippen LogP contribution in [0.4, 0.5) is 5.69 Å². The average molecular weight is 396 g/mol. The standard InChI is InChI=1S/C21H18ClN3O3/c1-4-8-12(15(22)5-2)11-14-18(23-24-20(14)27)17-19(26)13-9-6-7-10-16(13)25(3)21(17)28/h4-11,23H,1H2,2-3H3,(H,24,27)/b12-8-,14-11-,15-5+,18-17-. The van der Waals surface area contributed by atoms with E-state index in [-0.39, 0.29) is 16.1 Å². The first-order valence-electron chi connectivity index (χ1n) is 8.50. The van der Waals surface area contributed by atoms with Gasteiger partial charge in [-0.15, -0.1) is 0 Å². The molecule has 0 unspecified atom stereocenters. The van der Waals surface area contributed by atoms with Crippen LogP contribution in [0.1, 0.15) is 17.3 Å². The molecule has 0 radical (unpaired) electrons. The van der Waals surface area contributed by atoms with Gasteiger partial charge in [-0.2, -0.15) is 0 Å². The van der Waals surface area contributed by atoms with Crippen molar-refractivity contribution in [3.05, 3.63) is 86.2 Å². The number of aromatic nitrogens is 2. The van der Waals surface area contributed by atoms with Crippen LogP contribution in [0.15, 0.2) is 64.5 Å². The number of allylic oxidation sites excluding steroid dienone is 5. The van der Waals surface area contributed by atoms with Crippen molar-refractivity contribution in [3.63, 3.8) is 0 Å². The van der Waals surface area contributed by atoms with Crippen LogP contribution in [-0.4, -0.2) is 28.9 Å². The molecule has 28 heavy (non-hydrogen) atoms. The Kier molecular flexibility index (Phi) is 5.33. The first-order chi connectivity index (χ1) is 13.4. The van der Waals surface area contributed by atoms with Gasteiger partial charge in [-0.1, -0.05) is 48.5 Å². The van der Waals surface area contributed by atoms with Gasteiger partial charge in [0, 0.05) is 17.6 Å². The lowest BCUT2D eigenvalue weighted by atomic mass is 9.95. The van der Waals surface area contributed by atoms with Gasteiger partial charge in [0.1, 0.15) is 5.57 Å². The van der Waals surface area contributed by atoms with Crippen molar-refractivity contribution in [1.82, 2.24) is 10.2 Å². The number of anilines is 1. The minimum atomic E-state index is -0.500. The predicted molar refractivity (Wildman–Crippen MR) is 111 cm³/mol. The van der Waals surface area contributed by atoms with E-state index in [4.69, 9.17) is 11.6 Å². The van der Waals surface area contributed by atoms with E-state index in [2.05, 4.69) is 16.8 Å². The summed E-state index contributed by atoms with van der Waals surface area (Å²) >= 11 is 6.21. The van der Waals surface area contributed by atoms with Crippen molar-refractivity contribution in [1.29, 1.82) is 0 Å². The van der Waals surface area contributed by atoms with Crippen LogP contribution in [0.25, 0.3) is 11.6 Å². The number of Topliss-reactive ketones (excluding diaryl/α,β-unsaturated/α-hetero) is 1. The fraction of sp³-hybridized carbons (Fsp3) is 0.0952. The van der Waals surface area contributed by atoms with Crippen molar-refractivity contribution < 1.29 is 9.59 Å². The van der Waals surface area contributed by atoms with Crippen LogP contribution in [0, 0.1) is 0 Å². The summed E-state index contributed by atoms with van der Waals surface area (Å²) in [5, 5.41) is 5.78. The molecule has 0 spiro atoms. The molecule has 1 aliphatic heterocycles. The number of benzene rings is 1. The second-order valence-electron chi connectivity index (χ2n) is 6.09. The molecule has 142 valence electrons. The molecule has 1 amide bonds. The number of hydrogen-bond donors (Lipinski definition) is 2. The van der Waals surface area contributed by atoms with Crippen molar-refractivity contribution in [2.75, 3.05) is 11.9 Å². The molecule has 1 aromatic heterocycles. The molecule has 0 saturated carbocycles. The normalized spacial score (nSPS) is 17.8. The number of ketones is 1. The van der Waals surface area contributed by atoms with Crippen molar-refractivity contribution in [2.24, 2.45) is 0 Å². The summed E-state index contributed by atoms with van der Waals surface area (Å²) < 4.78 is 0. The minimum absolute atomic E-state index is 0.111. The van der Waals surface area contributed by atoms with Crippen LogP contribution < -0.4 is 21.0 Å². The summed E-state index contributed by atoms with van der Waals surface area (Å²) in [6.07, 6.45) is 6.35. The van der Waals surface area contributed by atoms with Gasteiger partial charge in [-0.05, 0) is 30.7 Å². The number of nitrogens with zero attached hydrogens (tertiary/aromatic N) is 1. The summed E-state index contributed by atoms with van der Waals surface area (Å²) in [5.74, 6) is -0.949. The van der Waals surface area contributed by atoms with Crippen LogP contribution in [0.2, 0.25) is 0 Å². The van der Waals surface area contributed by atoms with Gasteiger partial charge in [0.25, 0.3) is 11.5 Å². The number of fused-ring (bicyclic) bond motifs is 1. The molecule has 0 saturated heterocycles. The number of rotatable bonds is 3. The van der Waals surface area contributed by atoms with Crippen LogP contribution in [0.3, 0.4) is 0 Å². The van der Waals surface area contributed by atoms with E-state index >= 15 is 0 Å². The minimum Gasteiger partial charge on any atom is -0.310 e. The van der Waals surface area contributed by atoms with Gasteiger partial charge >= 0.3 is 0 Å². The van der Waals surface area contributed by atoms with Gasteiger partial charge in [-0.25, -0.2) is 0 Å². The summed E-state index contributed by atoms with van der Waals surface area (Å²) in [4.78, 5) is 39.7. The summed E-state index contributed by atoms with van der Waals surface area (Å²) in [5.41, 5.74) is 0.853. The Morgan fingerprint density at radius 3 is 2.57 bits per heavy atom. The summed E-state index contributed by atoms with van der Waals surface area (Å²) in [6.45, 7) is 5.40.